The number of methoxy groups -OCH3 is 1. The van der Waals surface area contributed by atoms with Gasteiger partial charge in [-0.1, -0.05) is 13.8 Å². The van der Waals surface area contributed by atoms with Gasteiger partial charge in [0.25, 0.3) is 0 Å². The van der Waals surface area contributed by atoms with Crippen molar-refractivity contribution >= 4 is 17.9 Å². The van der Waals surface area contributed by atoms with Crippen molar-refractivity contribution < 1.29 is 19.1 Å². The van der Waals surface area contributed by atoms with Crippen LogP contribution in [-0.4, -0.2) is 56.1 Å². The fraction of sp³-hybridized carbons (Fsp3) is 0.750. The predicted molar refractivity (Wildman–Crippen MR) is 70.6 cm³/mol. The van der Waals surface area contributed by atoms with Gasteiger partial charge in [0.05, 0.1) is 20.2 Å². The van der Waals surface area contributed by atoms with E-state index >= 15 is 0 Å². The topological polar surface area (TPSA) is 87.7 Å². The lowest BCUT2D eigenvalue weighted by Gasteiger charge is -2.19. The second kappa shape index (κ2) is 10.3. The molecule has 0 radical (unpaired) electrons. The molecule has 0 heterocycles. The predicted octanol–water partition coefficient (Wildman–Crippen LogP) is 0.107. The van der Waals surface area contributed by atoms with Crippen molar-refractivity contribution in [3.05, 3.63) is 0 Å². The van der Waals surface area contributed by atoms with Crippen LogP contribution in [0.4, 0.5) is 4.79 Å². The molecule has 0 aromatic heterocycles. The van der Waals surface area contributed by atoms with Crippen molar-refractivity contribution in [2.24, 2.45) is 0 Å². The highest BCUT2D eigenvalue weighted by atomic mass is 16.5. The van der Waals surface area contributed by atoms with Crippen molar-refractivity contribution in [2.45, 2.75) is 26.7 Å². The minimum Gasteiger partial charge on any atom is -0.468 e. The third kappa shape index (κ3) is 9.01. The fourth-order valence-electron chi connectivity index (χ4n) is 1.43. The number of carbonyl (C=O) groups is 3. The van der Waals surface area contributed by atoms with Crippen LogP contribution in [-0.2, 0) is 14.3 Å². The average Bonchev–Trinajstić information content (AvgIpc) is 2.36. The molecule has 0 aromatic rings. The molecule has 0 aliphatic carbocycles. The summed E-state index contributed by atoms with van der Waals surface area (Å²) < 4.78 is 4.55. The Bertz CT molecular complexity index is 307. The monoisotopic (exact) mass is 273 g/mol. The summed E-state index contributed by atoms with van der Waals surface area (Å²) in [6.07, 6.45) is 1.60. The normalized spacial score (nSPS) is 10.1. The van der Waals surface area contributed by atoms with Gasteiger partial charge >= 0.3 is 12.0 Å². The summed E-state index contributed by atoms with van der Waals surface area (Å²) in [6, 6.07) is -0.513. The second-order valence-corrected chi connectivity index (χ2v) is 4.09. The van der Waals surface area contributed by atoms with Crippen molar-refractivity contribution in [1.82, 2.24) is 15.5 Å². The highest BCUT2D eigenvalue weighted by Crippen LogP contribution is 1.92. The van der Waals surface area contributed by atoms with E-state index in [0.717, 1.165) is 12.8 Å². The first-order valence-electron chi connectivity index (χ1n) is 6.40. The summed E-state index contributed by atoms with van der Waals surface area (Å²) in [7, 11) is 1.30. The Morgan fingerprint density at radius 3 is 2.32 bits per heavy atom. The van der Waals surface area contributed by atoms with Crippen LogP contribution in [0.3, 0.4) is 0 Å². The molecule has 0 bridgehead atoms. The Balaban J connectivity index is 4.15. The highest BCUT2D eigenvalue weighted by molar-refractivity contribution is 5.95. The van der Waals surface area contributed by atoms with E-state index in [1.807, 2.05) is 13.8 Å². The molecule has 19 heavy (non-hydrogen) atoms. The second-order valence-electron chi connectivity index (χ2n) is 4.09. The molecule has 0 atom stereocenters. The number of urea groups is 1. The van der Waals surface area contributed by atoms with E-state index in [2.05, 4.69) is 15.4 Å². The van der Waals surface area contributed by atoms with Crippen molar-refractivity contribution in [3.63, 3.8) is 0 Å². The number of amides is 3. The zero-order valence-corrected chi connectivity index (χ0v) is 11.8. The maximum atomic E-state index is 11.6. The first kappa shape index (κ1) is 17.4. The minimum absolute atomic E-state index is 0.0114. The maximum Gasteiger partial charge on any atom is 0.321 e. The summed E-state index contributed by atoms with van der Waals surface area (Å²) in [4.78, 5) is 35.7. The summed E-state index contributed by atoms with van der Waals surface area (Å²) >= 11 is 0. The van der Waals surface area contributed by atoms with Crippen LogP contribution in [0.15, 0.2) is 0 Å². The van der Waals surface area contributed by atoms with E-state index in [1.54, 1.807) is 4.90 Å². The molecule has 2 N–H and O–H groups in total. The van der Waals surface area contributed by atoms with Gasteiger partial charge in [-0.15, -0.1) is 0 Å². The lowest BCUT2D eigenvalue weighted by molar-refractivity contribution is -0.142. The molecule has 0 fully saturated rings. The molecular weight excluding hydrogens is 250 g/mol. The van der Waals surface area contributed by atoms with Gasteiger partial charge < -0.3 is 10.1 Å². The number of hydrogen-bond acceptors (Lipinski definition) is 5. The third-order valence-corrected chi connectivity index (χ3v) is 2.28. The number of imide groups is 1. The lowest BCUT2D eigenvalue weighted by atomic mass is 10.4. The Hall–Kier alpha value is -1.63. The molecule has 0 unspecified atom stereocenters. The first-order chi connectivity index (χ1) is 9.03. The van der Waals surface area contributed by atoms with Gasteiger partial charge in [0.15, 0.2) is 0 Å². The van der Waals surface area contributed by atoms with Gasteiger partial charge in [0, 0.05) is 6.54 Å². The molecule has 0 rings (SSSR count). The van der Waals surface area contributed by atoms with Gasteiger partial charge in [-0.3, -0.25) is 19.8 Å². The van der Waals surface area contributed by atoms with Gasteiger partial charge in [-0.05, 0) is 19.4 Å². The smallest absolute Gasteiger partial charge is 0.321 e. The Morgan fingerprint density at radius 1 is 1.11 bits per heavy atom. The molecule has 0 saturated heterocycles. The number of hydrogen-bond donors (Lipinski definition) is 2. The molecule has 0 aromatic carbocycles. The SMILES string of the molecule is CCCNC(=O)NC(=O)CN(CCC)CC(=O)OC. The van der Waals surface area contributed by atoms with Crippen LogP contribution in [0.2, 0.25) is 0 Å². The van der Waals surface area contributed by atoms with E-state index < -0.39 is 17.9 Å². The summed E-state index contributed by atoms with van der Waals surface area (Å²) in [6.45, 7) is 4.98. The van der Waals surface area contributed by atoms with E-state index in [4.69, 9.17) is 0 Å². The molecule has 3 amide bonds. The maximum absolute atomic E-state index is 11.6. The van der Waals surface area contributed by atoms with E-state index in [0.29, 0.717) is 13.1 Å². The zero-order chi connectivity index (χ0) is 14.7. The Kier molecular flexibility index (Phi) is 9.42. The van der Waals surface area contributed by atoms with Crippen LogP contribution >= 0.6 is 0 Å². The molecule has 0 spiro atoms. The Labute approximate surface area is 113 Å². The van der Waals surface area contributed by atoms with Crippen LogP contribution in [0, 0.1) is 0 Å². The number of esters is 1. The minimum atomic E-state index is -0.513. The number of nitrogens with one attached hydrogen (secondary N) is 2. The quantitative estimate of drug-likeness (QED) is 0.613. The summed E-state index contributed by atoms with van der Waals surface area (Å²) in [5.41, 5.74) is 0. The first-order valence-corrected chi connectivity index (χ1v) is 6.40. The largest absolute Gasteiger partial charge is 0.468 e. The number of carbonyl (C=O) groups excluding carboxylic acids is 3. The summed E-state index contributed by atoms with van der Waals surface area (Å²) in [5, 5.41) is 4.75. The molecular formula is C12H23N3O4. The van der Waals surface area contributed by atoms with Gasteiger partial charge in [0.2, 0.25) is 5.91 Å². The van der Waals surface area contributed by atoms with Gasteiger partial charge in [-0.2, -0.15) is 0 Å². The van der Waals surface area contributed by atoms with Crippen LogP contribution in [0.1, 0.15) is 26.7 Å². The van der Waals surface area contributed by atoms with Crippen molar-refractivity contribution in [3.8, 4) is 0 Å². The van der Waals surface area contributed by atoms with Crippen molar-refractivity contribution in [1.29, 1.82) is 0 Å². The van der Waals surface area contributed by atoms with E-state index in [9.17, 15) is 14.4 Å². The molecule has 110 valence electrons. The third-order valence-electron chi connectivity index (χ3n) is 2.28. The lowest BCUT2D eigenvalue weighted by Crippen LogP contribution is -2.46. The number of rotatable bonds is 8. The van der Waals surface area contributed by atoms with Crippen LogP contribution < -0.4 is 10.6 Å². The van der Waals surface area contributed by atoms with E-state index in [-0.39, 0.29) is 13.1 Å². The molecule has 7 heteroatoms. The summed E-state index contributed by atoms with van der Waals surface area (Å²) in [5.74, 6) is -0.845. The number of ether oxygens (including phenoxy) is 1. The number of nitrogens with zero attached hydrogens (tertiary/aromatic N) is 1. The molecule has 0 aliphatic rings. The van der Waals surface area contributed by atoms with Crippen LogP contribution in [0.25, 0.3) is 0 Å². The molecule has 7 nitrogen and oxygen atoms in total. The van der Waals surface area contributed by atoms with E-state index in [1.165, 1.54) is 7.11 Å². The zero-order valence-electron chi connectivity index (χ0n) is 11.8. The van der Waals surface area contributed by atoms with Gasteiger partial charge in [-0.25, -0.2) is 4.79 Å². The van der Waals surface area contributed by atoms with Gasteiger partial charge in [0.1, 0.15) is 0 Å². The standard InChI is InChI=1S/C12H23N3O4/c1-4-6-13-12(18)14-10(16)8-15(7-5-2)9-11(17)19-3/h4-9H2,1-3H3,(H2,13,14,16,18). The highest BCUT2D eigenvalue weighted by Gasteiger charge is 2.15. The van der Waals surface area contributed by atoms with Crippen molar-refractivity contribution in [2.75, 3.05) is 33.3 Å². The van der Waals surface area contributed by atoms with Crippen LogP contribution in [0.5, 0.6) is 0 Å². The fourth-order valence-corrected chi connectivity index (χ4v) is 1.43. The molecule has 0 saturated carbocycles. The Morgan fingerprint density at radius 2 is 1.79 bits per heavy atom. The molecule has 0 aliphatic heterocycles. The average molecular weight is 273 g/mol.